The molecule has 2 N–H and O–H groups in total. The quantitative estimate of drug-likeness (QED) is 0.265. The summed E-state index contributed by atoms with van der Waals surface area (Å²) >= 11 is 0. The van der Waals surface area contributed by atoms with Gasteiger partial charge in [0.2, 0.25) is 0 Å². The van der Waals surface area contributed by atoms with Crippen LogP contribution in [0.3, 0.4) is 0 Å². The Morgan fingerprint density at radius 1 is 1.16 bits per heavy atom. The van der Waals surface area contributed by atoms with Crippen molar-refractivity contribution in [3.05, 3.63) is 59.8 Å². The summed E-state index contributed by atoms with van der Waals surface area (Å²) in [5.74, 6) is -0.173. The average Bonchev–Trinajstić information content (AvgIpc) is 3.63. The highest BCUT2D eigenvalue weighted by Gasteiger charge is 2.47. The van der Waals surface area contributed by atoms with Gasteiger partial charge in [-0.1, -0.05) is 25.1 Å². The molecule has 1 saturated carbocycles. The molecule has 0 amide bonds. The standard InChI is InChI=1S/C35H37F2N5O3/c1-3-24-27(36)6-5-21-11-23(43)12-25(29(21)24)31-30(37)32-26(14-38-31)33(41-16-20-9-22(17-41)28(44)10-20)40-34(39-32)45-18-35-7-4-8-42(35)15-19(2)13-35/h5-6,11-12,14,20,22,28,43-44H,2-4,7-10,13,15-18H2,1H3/t20-,22-,28-,35?/m1/s1. The SMILES string of the molecule is C=C1CN2CCCC2(COc2nc(N3C[C@@H]4C[C@H](C3)[C@H](O)C4)c3cnc(-c4cc(O)cc5ccc(F)c(CC)c45)c(F)c3n2)C1. The molecule has 0 spiro atoms. The third-order valence-corrected chi connectivity index (χ3v) is 10.6. The average molecular weight is 614 g/mol. The van der Waals surface area contributed by atoms with Crippen molar-refractivity contribution in [2.45, 2.75) is 57.1 Å². The number of piperidine rings is 1. The fourth-order valence-corrected chi connectivity index (χ4v) is 8.60. The number of phenolic OH excluding ortho intramolecular Hbond substituents is 1. The second kappa shape index (κ2) is 10.6. The maximum atomic E-state index is 16.8. The molecule has 5 heterocycles. The number of pyridine rings is 1. The Kier molecular flexibility index (Phi) is 6.73. The fourth-order valence-electron chi connectivity index (χ4n) is 8.60. The monoisotopic (exact) mass is 613 g/mol. The number of aliphatic hydroxyl groups is 1. The molecule has 8 rings (SSSR count). The van der Waals surface area contributed by atoms with E-state index in [4.69, 9.17) is 9.72 Å². The normalized spacial score (nSPS) is 26.4. The summed E-state index contributed by atoms with van der Waals surface area (Å²) in [6.45, 7) is 9.57. The molecule has 4 fully saturated rings. The summed E-state index contributed by atoms with van der Waals surface area (Å²) in [5.41, 5.74) is 1.78. The molecule has 10 heteroatoms. The van der Waals surface area contributed by atoms with E-state index in [0.717, 1.165) is 45.2 Å². The Morgan fingerprint density at radius 3 is 2.84 bits per heavy atom. The van der Waals surface area contributed by atoms with Gasteiger partial charge in [-0.15, -0.1) is 0 Å². The highest BCUT2D eigenvalue weighted by molar-refractivity contribution is 6.01. The number of aliphatic hydroxyl groups excluding tert-OH is 1. The third kappa shape index (κ3) is 4.63. The van der Waals surface area contributed by atoms with Gasteiger partial charge in [0.15, 0.2) is 5.82 Å². The lowest BCUT2D eigenvalue weighted by atomic mass is 9.94. The van der Waals surface area contributed by atoms with E-state index in [1.807, 2.05) is 6.92 Å². The van der Waals surface area contributed by atoms with E-state index in [1.165, 1.54) is 17.7 Å². The summed E-state index contributed by atoms with van der Waals surface area (Å²) in [5, 5.41) is 22.7. The predicted octanol–water partition coefficient (Wildman–Crippen LogP) is 5.77. The molecule has 45 heavy (non-hydrogen) atoms. The number of nitrogens with zero attached hydrogens (tertiary/aromatic N) is 5. The number of aryl methyl sites for hydroxylation is 1. The summed E-state index contributed by atoms with van der Waals surface area (Å²) in [6, 6.07) is 6.02. The molecule has 4 aliphatic rings. The Bertz CT molecular complexity index is 1870. The molecular weight excluding hydrogens is 576 g/mol. The van der Waals surface area contributed by atoms with Crippen LogP contribution in [0.2, 0.25) is 0 Å². The van der Waals surface area contributed by atoms with Crippen LogP contribution in [-0.4, -0.2) is 74.5 Å². The number of ether oxygens (including phenoxy) is 1. The van der Waals surface area contributed by atoms with Crippen LogP contribution in [0.15, 0.2) is 42.6 Å². The highest BCUT2D eigenvalue weighted by Crippen LogP contribution is 2.44. The molecule has 2 aromatic carbocycles. The van der Waals surface area contributed by atoms with E-state index in [9.17, 15) is 14.6 Å². The zero-order valence-electron chi connectivity index (χ0n) is 25.4. The van der Waals surface area contributed by atoms with Crippen molar-refractivity contribution in [2.75, 3.05) is 37.7 Å². The molecule has 234 valence electrons. The molecule has 8 nitrogen and oxygen atoms in total. The van der Waals surface area contributed by atoms with Crippen LogP contribution in [-0.2, 0) is 6.42 Å². The lowest BCUT2D eigenvalue weighted by Crippen LogP contribution is -2.43. The number of anilines is 1. The van der Waals surface area contributed by atoms with Crippen LogP contribution in [0.1, 0.15) is 44.6 Å². The van der Waals surface area contributed by atoms with Crippen molar-refractivity contribution in [3.8, 4) is 23.0 Å². The van der Waals surface area contributed by atoms with Gasteiger partial charge in [-0.05, 0) is 85.5 Å². The van der Waals surface area contributed by atoms with Crippen molar-refractivity contribution in [2.24, 2.45) is 11.8 Å². The minimum Gasteiger partial charge on any atom is -0.508 e. The van der Waals surface area contributed by atoms with Crippen molar-refractivity contribution >= 4 is 27.5 Å². The summed E-state index contributed by atoms with van der Waals surface area (Å²) in [7, 11) is 0. The molecule has 2 aromatic heterocycles. The van der Waals surface area contributed by atoms with Crippen molar-refractivity contribution in [1.29, 1.82) is 0 Å². The second-order valence-corrected chi connectivity index (χ2v) is 13.5. The molecule has 1 unspecified atom stereocenters. The first-order valence-corrected chi connectivity index (χ1v) is 16.0. The van der Waals surface area contributed by atoms with Gasteiger partial charge >= 0.3 is 6.01 Å². The smallest absolute Gasteiger partial charge is 0.319 e. The zero-order valence-corrected chi connectivity index (χ0v) is 25.4. The molecule has 4 aromatic rings. The number of phenols is 1. The summed E-state index contributed by atoms with van der Waals surface area (Å²) < 4.78 is 38.2. The molecule has 3 saturated heterocycles. The number of halogens is 2. The maximum Gasteiger partial charge on any atom is 0.319 e. The zero-order chi connectivity index (χ0) is 31.0. The summed E-state index contributed by atoms with van der Waals surface area (Å²) in [4.78, 5) is 18.6. The van der Waals surface area contributed by atoms with E-state index in [1.54, 1.807) is 18.3 Å². The first kappa shape index (κ1) is 28.6. The Balaban J connectivity index is 1.27. The Hall–Kier alpha value is -3.89. The van der Waals surface area contributed by atoms with Crippen LogP contribution in [0.25, 0.3) is 32.9 Å². The number of aromatic hydroxyl groups is 1. The van der Waals surface area contributed by atoms with Gasteiger partial charge in [-0.25, -0.2) is 8.78 Å². The first-order valence-electron chi connectivity index (χ1n) is 16.0. The number of rotatable bonds is 6. The van der Waals surface area contributed by atoms with E-state index >= 15 is 4.39 Å². The minimum absolute atomic E-state index is 0.0268. The largest absolute Gasteiger partial charge is 0.508 e. The van der Waals surface area contributed by atoms with E-state index in [2.05, 4.69) is 26.3 Å². The fraction of sp³-hybridized carbons (Fsp3) is 0.457. The molecular formula is C35H37F2N5O3. The van der Waals surface area contributed by atoms with Crippen LogP contribution in [0.5, 0.6) is 11.8 Å². The van der Waals surface area contributed by atoms with Gasteiger partial charge in [0.25, 0.3) is 0 Å². The maximum absolute atomic E-state index is 16.8. The molecule has 0 radical (unpaired) electrons. The van der Waals surface area contributed by atoms with Crippen LogP contribution in [0, 0.1) is 23.5 Å². The van der Waals surface area contributed by atoms with Crippen molar-refractivity contribution in [1.82, 2.24) is 19.9 Å². The van der Waals surface area contributed by atoms with Gasteiger partial charge in [0.1, 0.15) is 35.2 Å². The number of hydrogen-bond donors (Lipinski definition) is 2. The second-order valence-electron chi connectivity index (χ2n) is 13.5. The van der Waals surface area contributed by atoms with E-state index < -0.39 is 11.6 Å². The van der Waals surface area contributed by atoms with Crippen LogP contribution in [0.4, 0.5) is 14.6 Å². The Labute approximate surface area is 260 Å². The van der Waals surface area contributed by atoms with Crippen molar-refractivity contribution in [3.63, 3.8) is 0 Å². The number of fused-ring (bicyclic) bond motifs is 5. The summed E-state index contributed by atoms with van der Waals surface area (Å²) in [6.07, 6.45) is 6.22. The topological polar surface area (TPSA) is 94.8 Å². The predicted molar refractivity (Wildman–Crippen MR) is 168 cm³/mol. The Morgan fingerprint density at radius 2 is 2.02 bits per heavy atom. The number of aromatic nitrogens is 3. The minimum atomic E-state index is -0.686. The molecule has 1 aliphatic carbocycles. The van der Waals surface area contributed by atoms with Gasteiger partial charge in [0, 0.05) is 37.3 Å². The lowest BCUT2D eigenvalue weighted by molar-refractivity contribution is 0.108. The van der Waals surface area contributed by atoms with Gasteiger partial charge in [-0.3, -0.25) is 9.88 Å². The lowest BCUT2D eigenvalue weighted by Gasteiger charge is -2.34. The van der Waals surface area contributed by atoms with Crippen molar-refractivity contribution < 1.29 is 23.7 Å². The number of hydrogen-bond acceptors (Lipinski definition) is 8. The molecule has 3 aliphatic heterocycles. The molecule has 2 bridgehead atoms. The third-order valence-electron chi connectivity index (χ3n) is 10.6. The van der Waals surface area contributed by atoms with E-state index in [-0.39, 0.29) is 40.5 Å². The van der Waals surface area contributed by atoms with Gasteiger partial charge in [0.05, 0.1) is 17.0 Å². The van der Waals surface area contributed by atoms with E-state index in [0.29, 0.717) is 65.1 Å². The van der Waals surface area contributed by atoms with Gasteiger partial charge in [-0.2, -0.15) is 9.97 Å². The van der Waals surface area contributed by atoms with Crippen LogP contribution < -0.4 is 9.64 Å². The van der Waals surface area contributed by atoms with Crippen LogP contribution >= 0.6 is 0 Å². The molecule has 4 atom stereocenters. The number of benzene rings is 2. The van der Waals surface area contributed by atoms with Gasteiger partial charge < -0.3 is 19.8 Å². The first-order chi connectivity index (χ1) is 21.7. The highest BCUT2D eigenvalue weighted by atomic mass is 19.1.